The Morgan fingerprint density at radius 2 is 1.53 bits per heavy atom. The van der Waals surface area contributed by atoms with Crippen LogP contribution in [0.2, 0.25) is 0 Å². The number of aromatic nitrogens is 2. The number of carbonyl (C=O) groups excluding carboxylic acids is 1. The summed E-state index contributed by atoms with van der Waals surface area (Å²) < 4.78 is 40.3. The number of hydrogen-bond donors (Lipinski definition) is 4. The van der Waals surface area contributed by atoms with Gasteiger partial charge in [-0.15, -0.1) is 0 Å². The van der Waals surface area contributed by atoms with Gasteiger partial charge < -0.3 is 25.2 Å². The number of amides is 1. The van der Waals surface area contributed by atoms with Crippen LogP contribution in [0.4, 0.5) is 23.0 Å². The van der Waals surface area contributed by atoms with Gasteiger partial charge in [0.05, 0.1) is 43.2 Å². The van der Waals surface area contributed by atoms with Gasteiger partial charge in [-0.05, 0) is 54.1 Å². The summed E-state index contributed by atoms with van der Waals surface area (Å²) in [6.45, 7) is -0.222. The van der Waals surface area contributed by atoms with Crippen LogP contribution in [0.1, 0.15) is 11.1 Å². The van der Waals surface area contributed by atoms with Crippen LogP contribution in [0.3, 0.4) is 0 Å². The van der Waals surface area contributed by atoms with Crippen LogP contribution in [0, 0.1) is 0 Å². The molecule has 0 spiro atoms. The molecule has 0 saturated carbocycles. The van der Waals surface area contributed by atoms with Gasteiger partial charge >= 0.3 is 0 Å². The van der Waals surface area contributed by atoms with Gasteiger partial charge in [0.2, 0.25) is 5.91 Å². The lowest BCUT2D eigenvalue weighted by atomic mass is 10.1. The monoisotopic (exact) mass is 599 g/mol. The Bertz CT molecular complexity index is 1880. The van der Waals surface area contributed by atoms with Crippen LogP contribution in [-0.4, -0.2) is 43.6 Å². The van der Waals surface area contributed by atoms with Crippen molar-refractivity contribution in [2.45, 2.75) is 17.9 Å². The van der Waals surface area contributed by atoms with Crippen molar-refractivity contribution in [3.05, 3.63) is 102 Å². The van der Waals surface area contributed by atoms with Crippen molar-refractivity contribution < 1.29 is 27.8 Å². The number of fused-ring (bicyclic) bond motifs is 1. The smallest absolute Gasteiger partial charge is 0.263 e. The van der Waals surface area contributed by atoms with E-state index < -0.39 is 10.0 Å². The van der Waals surface area contributed by atoms with Crippen LogP contribution >= 0.6 is 0 Å². The van der Waals surface area contributed by atoms with Crippen molar-refractivity contribution in [2.24, 2.45) is 0 Å². The van der Waals surface area contributed by atoms with E-state index in [0.29, 0.717) is 45.0 Å². The molecular formula is C31H29N5O6S. The molecule has 1 amide bonds. The highest BCUT2D eigenvalue weighted by Crippen LogP contribution is 2.30. The maximum atomic E-state index is 13.6. The molecule has 0 atom stereocenters. The Morgan fingerprint density at radius 3 is 2.26 bits per heavy atom. The second kappa shape index (κ2) is 12.8. The lowest BCUT2D eigenvalue weighted by Gasteiger charge is -2.15. The van der Waals surface area contributed by atoms with Gasteiger partial charge in [0.15, 0.2) is 11.6 Å². The third-order valence-electron chi connectivity index (χ3n) is 6.42. The molecule has 0 unspecified atom stereocenters. The molecule has 0 saturated heterocycles. The van der Waals surface area contributed by atoms with Gasteiger partial charge in [-0.3, -0.25) is 9.52 Å². The Hall–Kier alpha value is -5.20. The molecule has 220 valence electrons. The van der Waals surface area contributed by atoms with E-state index >= 15 is 0 Å². The quantitative estimate of drug-likeness (QED) is 0.167. The lowest BCUT2D eigenvalue weighted by Crippen LogP contribution is -2.18. The maximum absolute atomic E-state index is 13.6. The first-order chi connectivity index (χ1) is 20.8. The molecule has 12 heteroatoms. The number of para-hydroxylation sites is 3. The van der Waals surface area contributed by atoms with Gasteiger partial charge in [-0.2, -0.15) is 0 Å². The van der Waals surface area contributed by atoms with Crippen LogP contribution in [0.25, 0.3) is 11.0 Å². The Kier molecular flexibility index (Phi) is 8.69. The number of nitrogens with zero attached hydrogens (tertiary/aromatic N) is 2. The van der Waals surface area contributed by atoms with Crippen molar-refractivity contribution in [2.75, 3.05) is 29.6 Å². The minimum absolute atomic E-state index is 0.0438. The fourth-order valence-corrected chi connectivity index (χ4v) is 5.45. The highest BCUT2D eigenvalue weighted by Gasteiger charge is 2.20. The third kappa shape index (κ3) is 7.00. The molecule has 0 fully saturated rings. The molecule has 0 aliphatic carbocycles. The first-order valence-corrected chi connectivity index (χ1v) is 14.6. The molecule has 0 aliphatic heterocycles. The predicted molar refractivity (Wildman–Crippen MR) is 164 cm³/mol. The number of methoxy groups -OCH3 is 2. The van der Waals surface area contributed by atoms with Crippen LogP contribution in [0.5, 0.6) is 11.5 Å². The van der Waals surface area contributed by atoms with E-state index in [9.17, 15) is 18.3 Å². The van der Waals surface area contributed by atoms with Gasteiger partial charge in [-0.1, -0.05) is 36.4 Å². The number of aliphatic hydroxyl groups excluding tert-OH is 1. The number of sulfonamides is 1. The Labute approximate surface area is 248 Å². The van der Waals surface area contributed by atoms with E-state index in [1.807, 2.05) is 12.1 Å². The van der Waals surface area contributed by atoms with Crippen molar-refractivity contribution in [1.29, 1.82) is 0 Å². The summed E-state index contributed by atoms with van der Waals surface area (Å²) in [4.78, 5) is 21.8. The second-order valence-electron chi connectivity index (χ2n) is 9.43. The van der Waals surface area contributed by atoms with E-state index in [1.54, 1.807) is 60.7 Å². The number of ether oxygens (including phenoxy) is 2. The number of benzene rings is 4. The van der Waals surface area contributed by atoms with Gasteiger partial charge in [-0.25, -0.2) is 18.4 Å². The Balaban J connectivity index is 1.42. The molecule has 5 aromatic rings. The standard InChI is InChI=1S/C31H29N5O6S/c1-41-24-15-20(19-37)14-23(17-24)33-30-31(35-27-12-5-4-11-26(27)34-30)36-43(39,40)25-10-7-9-22(18-25)32-29(38)16-21-8-3-6-13-28(21)42-2/h3-15,17-18,37H,16,19H2,1-2H3,(H,32,38)(H,33,34)(H,35,36). The highest BCUT2D eigenvalue weighted by atomic mass is 32.2. The van der Waals surface area contributed by atoms with Crippen molar-refractivity contribution in [3.8, 4) is 11.5 Å². The lowest BCUT2D eigenvalue weighted by molar-refractivity contribution is -0.115. The molecule has 1 heterocycles. The molecule has 0 aliphatic rings. The minimum atomic E-state index is -4.18. The zero-order chi connectivity index (χ0) is 30.4. The predicted octanol–water partition coefficient (Wildman–Crippen LogP) is 4.86. The zero-order valence-corrected chi connectivity index (χ0v) is 24.2. The fraction of sp³-hybridized carbons (Fsp3) is 0.129. The molecule has 1 aromatic heterocycles. The minimum Gasteiger partial charge on any atom is -0.497 e. The van der Waals surface area contributed by atoms with Crippen LogP contribution in [-0.2, 0) is 27.8 Å². The van der Waals surface area contributed by atoms with Gasteiger partial charge in [0.25, 0.3) is 10.0 Å². The van der Waals surface area contributed by atoms with E-state index in [1.165, 1.54) is 32.4 Å². The van der Waals surface area contributed by atoms with E-state index in [-0.39, 0.29) is 35.5 Å². The number of hydrogen-bond acceptors (Lipinski definition) is 9. The summed E-state index contributed by atoms with van der Waals surface area (Å²) >= 11 is 0. The van der Waals surface area contributed by atoms with E-state index in [4.69, 9.17) is 9.47 Å². The number of aliphatic hydroxyl groups is 1. The van der Waals surface area contributed by atoms with Crippen LogP contribution < -0.4 is 24.8 Å². The molecule has 4 aromatic carbocycles. The summed E-state index contributed by atoms with van der Waals surface area (Å²) in [7, 11) is -1.14. The normalized spacial score (nSPS) is 11.1. The summed E-state index contributed by atoms with van der Waals surface area (Å²) in [5.74, 6) is 0.841. The number of anilines is 4. The van der Waals surface area contributed by atoms with E-state index in [2.05, 4.69) is 25.3 Å². The molecule has 0 bridgehead atoms. The Morgan fingerprint density at radius 1 is 0.814 bits per heavy atom. The maximum Gasteiger partial charge on any atom is 0.263 e. The molecule has 5 rings (SSSR count). The third-order valence-corrected chi connectivity index (χ3v) is 7.76. The summed E-state index contributed by atoms with van der Waals surface area (Å²) in [6, 6.07) is 25.2. The van der Waals surface area contributed by atoms with E-state index in [0.717, 1.165) is 0 Å². The summed E-state index contributed by atoms with van der Waals surface area (Å²) in [5, 5.41) is 15.5. The average molecular weight is 600 g/mol. The summed E-state index contributed by atoms with van der Waals surface area (Å²) in [6.07, 6.45) is 0.0449. The molecular weight excluding hydrogens is 570 g/mol. The van der Waals surface area contributed by atoms with Crippen LogP contribution in [0.15, 0.2) is 95.9 Å². The average Bonchev–Trinajstić information content (AvgIpc) is 3.01. The van der Waals surface area contributed by atoms with Gasteiger partial charge in [0.1, 0.15) is 11.5 Å². The molecule has 11 nitrogen and oxygen atoms in total. The van der Waals surface area contributed by atoms with Crippen molar-refractivity contribution in [1.82, 2.24) is 9.97 Å². The molecule has 0 radical (unpaired) electrons. The second-order valence-corrected chi connectivity index (χ2v) is 11.1. The molecule has 4 N–H and O–H groups in total. The number of nitrogens with one attached hydrogen (secondary N) is 3. The zero-order valence-electron chi connectivity index (χ0n) is 23.4. The first kappa shape index (κ1) is 29.3. The topological polar surface area (TPSA) is 152 Å². The first-order valence-electron chi connectivity index (χ1n) is 13.1. The van der Waals surface area contributed by atoms with Crippen molar-refractivity contribution in [3.63, 3.8) is 0 Å². The van der Waals surface area contributed by atoms with Gasteiger partial charge in [0, 0.05) is 23.0 Å². The highest BCUT2D eigenvalue weighted by molar-refractivity contribution is 7.92. The SMILES string of the molecule is COc1cc(CO)cc(Nc2nc3ccccc3nc2NS(=O)(=O)c2cccc(NC(=O)Cc3ccccc3OC)c2)c1. The molecule has 43 heavy (non-hydrogen) atoms. The fourth-order valence-electron chi connectivity index (χ4n) is 4.39. The number of rotatable bonds is 11. The van der Waals surface area contributed by atoms with Crippen molar-refractivity contribution >= 4 is 50.0 Å². The summed E-state index contributed by atoms with van der Waals surface area (Å²) in [5.41, 5.74) is 3.11. The number of carbonyl (C=O) groups is 1. The largest absolute Gasteiger partial charge is 0.497 e.